The van der Waals surface area contributed by atoms with Gasteiger partial charge in [-0.1, -0.05) is 36.2 Å². The van der Waals surface area contributed by atoms with Crippen LogP contribution in [0.25, 0.3) is 22.3 Å². The van der Waals surface area contributed by atoms with Crippen molar-refractivity contribution >= 4 is 28.8 Å². The lowest BCUT2D eigenvalue weighted by Crippen LogP contribution is -2.42. The quantitative estimate of drug-likeness (QED) is 0.712. The lowest BCUT2D eigenvalue weighted by molar-refractivity contribution is 0.189. The van der Waals surface area contributed by atoms with E-state index in [1.54, 1.807) is 12.4 Å². The molecule has 0 saturated carbocycles. The van der Waals surface area contributed by atoms with Gasteiger partial charge in [-0.3, -0.25) is 9.88 Å². The number of anilines is 1. The molecule has 3 heterocycles. The SMILES string of the molecule is CSN1CCN(Cc2ccc(-c3cc4nccnc4c(N)n3)cc2)CC1. The van der Waals surface area contributed by atoms with Gasteiger partial charge in [-0.05, 0) is 17.9 Å². The standard InChI is InChI=1S/C19H22N6S/c1-26-25-10-8-24(9-11-25)13-14-2-4-15(5-3-14)16-12-17-18(19(20)23-16)22-7-6-21-17/h2-7,12H,8-11,13H2,1H3,(H2,20,23). The highest BCUT2D eigenvalue weighted by Gasteiger charge is 2.16. The van der Waals surface area contributed by atoms with Crippen molar-refractivity contribution in [3.05, 3.63) is 48.3 Å². The Balaban J connectivity index is 1.49. The Morgan fingerprint density at radius 2 is 1.77 bits per heavy atom. The molecule has 1 aliphatic heterocycles. The van der Waals surface area contributed by atoms with Crippen molar-refractivity contribution in [2.75, 3.05) is 38.2 Å². The molecule has 4 rings (SSSR count). The average molecular weight is 366 g/mol. The Morgan fingerprint density at radius 3 is 2.50 bits per heavy atom. The van der Waals surface area contributed by atoms with E-state index in [0.717, 1.165) is 49.5 Å². The number of piperazine rings is 1. The normalized spacial score (nSPS) is 16.2. The Kier molecular flexibility index (Phi) is 5.01. The molecule has 1 fully saturated rings. The molecule has 1 aliphatic rings. The number of hydrogen-bond donors (Lipinski definition) is 1. The summed E-state index contributed by atoms with van der Waals surface area (Å²) in [6.07, 6.45) is 5.45. The van der Waals surface area contributed by atoms with E-state index in [1.165, 1.54) is 5.56 Å². The van der Waals surface area contributed by atoms with Crippen LogP contribution in [0.2, 0.25) is 0 Å². The Morgan fingerprint density at radius 1 is 1.04 bits per heavy atom. The van der Waals surface area contributed by atoms with Crippen molar-refractivity contribution in [1.29, 1.82) is 0 Å². The summed E-state index contributed by atoms with van der Waals surface area (Å²) in [5.41, 5.74) is 10.7. The fraction of sp³-hybridized carbons (Fsp3) is 0.316. The van der Waals surface area contributed by atoms with Crippen molar-refractivity contribution < 1.29 is 0 Å². The van der Waals surface area contributed by atoms with Gasteiger partial charge in [0.05, 0.1) is 11.2 Å². The maximum absolute atomic E-state index is 6.04. The summed E-state index contributed by atoms with van der Waals surface area (Å²) in [6, 6.07) is 10.5. The van der Waals surface area contributed by atoms with Crippen LogP contribution in [0, 0.1) is 0 Å². The molecule has 0 spiro atoms. The Labute approximate surface area is 157 Å². The lowest BCUT2D eigenvalue weighted by Gasteiger charge is -2.33. The topological polar surface area (TPSA) is 71.2 Å². The summed E-state index contributed by atoms with van der Waals surface area (Å²) in [7, 11) is 0. The molecule has 6 nitrogen and oxygen atoms in total. The lowest BCUT2D eigenvalue weighted by atomic mass is 10.1. The van der Waals surface area contributed by atoms with Gasteiger partial charge in [0.15, 0.2) is 5.82 Å². The third-order valence-corrected chi connectivity index (χ3v) is 5.61. The molecule has 1 saturated heterocycles. The molecule has 1 aromatic carbocycles. The molecule has 2 aromatic heterocycles. The highest BCUT2D eigenvalue weighted by molar-refractivity contribution is 7.96. The third kappa shape index (κ3) is 3.65. The van der Waals surface area contributed by atoms with E-state index in [4.69, 9.17) is 5.73 Å². The van der Waals surface area contributed by atoms with E-state index >= 15 is 0 Å². The number of fused-ring (bicyclic) bond motifs is 1. The summed E-state index contributed by atoms with van der Waals surface area (Å²) < 4.78 is 2.41. The van der Waals surface area contributed by atoms with Gasteiger partial charge < -0.3 is 5.73 Å². The molecular weight excluding hydrogens is 344 g/mol. The second-order valence-corrected chi connectivity index (χ2v) is 7.28. The van der Waals surface area contributed by atoms with Gasteiger partial charge in [-0.2, -0.15) is 0 Å². The summed E-state index contributed by atoms with van der Waals surface area (Å²) in [4.78, 5) is 15.6. The highest BCUT2D eigenvalue weighted by Crippen LogP contribution is 2.24. The fourth-order valence-corrected chi connectivity index (χ4v) is 3.78. The van der Waals surface area contributed by atoms with Crippen LogP contribution >= 0.6 is 11.9 Å². The van der Waals surface area contributed by atoms with Gasteiger partial charge >= 0.3 is 0 Å². The first-order chi connectivity index (χ1) is 12.7. The number of nitrogens with two attached hydrogens (primary N) is 1. The third-order valence-electron chi connectivity index (χ3n) is 4.73. The molecule has 3 aromatic rings. The molecule has 134 valence electrons. The number of nitrogen functional groups attached to an aromatic ring is 1. The minimum Gasteiger partial charge on any atom is -0.382 e. The van der Waals surface area contributed by atoms with Gasteiger partial charge in [0.1, 0.15) is 5.52 Å². The minimum atomic E-state index is 0.418. The molecule has 2 N–H and O–H groups in total. The molecule has 7 heteroatoms. The van der Waals surface area contributed by atoms with Gasteiger partial charge in [-0.25, -0.2) is 14.3 Å². The minimum absolute atomic E-state index is 0.418. The average Bonchev–Trinajstić information content (AvgIpc) is 2.69. The van der Waals surface area contributed by atoms with Crippen LogP contribution in [0.1, 0.15) is 5.56 Å². The zero-order valence-electron chi connectivity index (χ0n) is 14.8. The van der Waals surface area contributed by atoms with Gasteiger partial charge in [0.25, 0.3) is 0 Å². The van der Waals surface area contributed by atoms with E-state index in [2.05, 4.69) is 54.7 Å². The molecule has 0 atom stereocenters. The highest BCUT2D eigenvalue weighted by atomic mass is 32.2. The van der Waals surface area contributed by atoms with Crippen molar-refractivity contribution in [3.63, 3.8) is 0 Å². The second kappa shape index (κ2) is 7.57. The first-order valence-corrected chi connectivity index (χ1v) is 9.89. The second-order valence-electron chi connectivity index (χ2n) is 6.40. The number of pyridine rings is 1. The number of hydrogen-bond acceptors (Lipinski definition) is 7. The summed E-state index contributed by atoms with van der Waals surface area (Å²) in [5.74, 6) is 0.418. The first-order valence-electron chi connectivity index (χ1n) is 8.71. The number of benzene rings is 1. The smallest absolute Gasteiger partial charge is 0.152 e. The van der Waals surface area contributed by atoms with Crippen LogP contribution in [0.15, 0.2) is 42.7 Å². The number of nitrogens with zero attached hydrogens (tertiary/aromatic N) is 5. The largest absolute Gasteiger partial charge is 0.382 e. The summed E-state index contributed by atoms with van der Waals surface area (Å²) in [6.45, 7) is 5.47. The molecule has 0 unspecified atom stereocenters. The molecule has 0 radical (unpaired) electrons. The predicted octanol–water partition coefficient (Wildman–Crippen LogP) is 2.67. The maximum Gasteiger partial charge on any atom is 0.152 e. The summed E-state index contributed by atoms with van der Waals surface area (Å²) in [5, 5.41) is 0. The Bertz CT molecular complexity index is 890. The van der Waals surface area contributed by atoms with Crippen molar-refractivity contribution in [1.82, 2.24) is 24.2 Å². The van der Waals surface area contributed by atoms with Gasteiger partial charge in [-0.15, -0.1) is 0 Å². The van der Waals surface area contributed by atoms with Gasteiger partial charge in [0.2, 0.25) is 0 Å². The van der Waals surface area contributed by atoms with Crippen LogP contribution in [0.5, 0.6) is 0 Å². The van der Waals surface area contributed by atoms with E-state index in [-0.39, 0.29) is 0 Å². The van der Waals surface area contributed by atoms with E-state index in [9.17, 15) is 0 Å². The molecular formula is C19H22N6S. The molecule has 26 heavy (non-hydrogen) atoms. The summed E-state index contributed by atoms with van der Waals surface area (Å²) >= 11 is 1.84. The van der Waals surface area contributed by atoms with Crippen LogP contribution in [0.3, 0.4) is 0 Å². The predicted molar refractivity (Wildman–Crippen MR) is 108 cm³/mol. The number of aromatic nitrogens is 3. The first kappa shape index (κ1) is 17.2. The molecule has 0 amide bonds. The zero-order valence-corrected chi connectivity index (χ0v) is 15.6. The van der Waals surface area contributed by atoms with E-state index in [1.807, 2.05) is 18.0 Å². The monoisotopic (exact) mass is 366 g/mol. The van der Waals surface area contributed by atoms with Crippen LogP contribution in [0.4, 0.5) is 5.82 Å². The zero-order chi connectivity index (χ0) is 17.9. The van der Waals surface area contributed by atoms with E-state index < -0.39 is 0 Å². The van der Waals surface area contributed by atoms with Gasteiger partial charge in [0, 0.05) is 50.7 Å². The molecule has 0 bridgehead atoms. The van der Waals surface area contributed by atoms with Crippen LogP contribution < -0.4 is 5.73 Å². The molecule has 0 aliphatic carbocycles. The van der Waals surface area contributed by atoms with Crippen molar-refractivity contribution in [2.45, 2.75) is 6.54 Å². The fourth-order valence-electron chi connectivity index (χ4n) is 3.25. The van der Waals surface area contributed by atoms with Crippen LogP contribution in [-0.4, -0.2) is 56.6 Å². The van der Waals surface area contributed by atoms with Crippen molar-refractivity contribution in [3.8, 4) is 11.3 Å². The van der Waals surface area contributed by atoms with Crippen LogP contribution in [-0.2, 0) is 6.54 Å². The number of rotatable bonds is 4. The van der Waals surface area contributed by atoms with E-state index in [0.29, 0.717) is 11.3 Å². The maximum atomic E-state index is 6.04. The van der Waals surface area contributed by atoms with Crippen molar-refractivity contribution in [2.24, 2.45) is 0 Å². The Hall–Kier alpha value is -2.22.